The summed E-state index contributed by atoms with van der Waals surface area (Å²) in [6.45, 7) is 5.50. The van der Waals surface area contributed by atoms with Gasteiger partial charge in [0.15, 0.2) is 0 Å². The second-order valence-electron chi connectivity index (χ2n) is 8.37. The number of benzene rings is 1. The van der Waals surface area contributed by atoms with Crippen LogP contribution in [0.15, 0.2) is 48.5 Å². The van der Waals surface area contributed by atoms with Gasteiger partial charge in [0.05, 0.1) is 4.88 Å². The Morgan fingerprint density at radius 3 is 2.12 bits per heavy atom. The van der Waals surface area contributed by atoms with Crippen molar-refractivity contribution in [2.75, 3.05) is 39.3 Å². The third-order valence-corrected chi connectivity index (χ3v) is 7.19. The Morgan fingerprint density at radius 1 is 0.844 bits per heavy atom. The molecule has 2 aromatic rings. The Bertz CT molecular complexity index is 985. The highest BCUT2D eigenvalue weighted by Crippen LogP contribution is 2.22. The van der Waals surface area contributed by atoms with E-state index in [1.165, 1.54) is 11.3 Å². The minimum Gasteiger partial charge on any atom is -0.339 e. The van der Waals surface area contributed by atoms with Crippen molar-refractivity contribution in [1.82, 2.24) is 14.7 Å². The molecule has 0 unspecified atom stereocenters. The molecule has 4 rings (SSSR count). The lowest BCUT2D eigenvalue weighted by Crippen LogP contribution is -2.53. The number of nitrogens with zero attached hydrogens (tertiary/aromatic N) is 3. The van der Waals surface area contributed by atoms with Crippen LogP contribution in [0.5, 0.6) is 0 Å². The first-order valence-electron chi connectivity index (χ1n) is 11.2. The largest absolute Gasteiger partial charge is 0.339 e. The quantitative estimate of drug-likeness (QED) is 0.671. The number of thiophene rings is 1. The zero-order chi connectivity index (χ0) is 22.5. The number of piperidine rings is 1. The van der Waals surface area contributed by atoms with Crippen LogP contribution in [-0.4, -0.2) is 71.7 Å². The number of rotatable bonds is 4. The first-order valence-corrected chi connectivity index (χ1v) is 12.0. The molecule has 0 bridgehead atoms. The van der Waals surface area contributed by atoms with E-state index in [2.05, 4.69) is 0 Å². The lowest BCUT2D eigenvalue weighted by molar-refractivity contribution is -0.140. The fraction of sp³-hybridized carbons (Fsp3) is 0.400. The SMILES string of the molecule is Cc1ccc(C(=O)N2CCN(C(=O)C3CCN(C(=O)/C=C/c4ccccc4)CC3)CC2)s1. The van der Waals surface area contributed by atoms with Crippen molar-refractivity contribution in [3.8, 4) is 0 Å². The van der Waals surface area contributed by atoms with Crippen molar-refractivity contribution < 1.29 is 14.4 Å². The molecule has 2 aliphatic heterocycles. The maximum absolute atomic E-state index is 13.0. The first-order chi connectivity index (χ1) is 15.5. The predicted octanol–water partition coefficient (Wildman–Crippen LogP) is 3.29. The van der Waals surface area contributed by atoms with Crippen LogP contribution in [0.1, 0.15) is 33.0 Å². The van der Waals surface area contributed by atoms with Crippen molar-refractivity contribution >= 4 is 35.1 Å². The van der Waals surface area contributed by atoms with E-state index in [0.717, 1.165) is 15.3 Å². The Labute approximate surface area is 193 Å². The van der Waals surface area contributed by atoms with Gasteiger partial charge < -0.3 is 14.7 Å². The van der Waals surface area contributed by atoms with E-state index in [9.17, 15) is 14.4 Å². The number of carbonyl (C=O) groups excluding carboxylic acids is 3. The summed E-state index contributed by atoms with van der Waals surface area (Å²) in [5.41, 5.74) is 0.998. The minimum absolute atomic E-state index is 0.00399. The number of piperazine rings is 1. The molecule has 1 aromatic heterocycles. The molecule has 0 atom stereocenters. The third-order valence-electron chi connectivity index (χ3n) is 6.20. The lowest BCUT2D eigenvalue weighted by atomic mass is 9.95. The molecular formula is C25H29N3O3S. The molecule has 2 aliphatic rings. The standard InChI is InChI=1S/C25H29N3O3S/c1-19-7-9-22(32-19)25(31)28-17-15-27(16-18-28)24(30)21-11-13-26(14-12-21)23(29)10-8-20-5-3-2-4-6-20/h2-10,21H,11-18H2,1H3/b10-8+. The fourth-order valence-corrected chi connectivity index (χ4v) is 5.11. The molecule has 2 fully saturated rings. The highest BCUT2D eigenvalue weighted by atomic mass is 32.1. The minimum atomic E-state index is -0.0423. The van der Waals surface area contributed by atoms with Crippen LogP contribution in [0.4, 0.5) is 0 Å². The van der Waals surface area contributed by atoms with Crippen LogP contribution >= 0.6 is 11.3 Å². The van der Waals surface area contributed by atoms with Crippen LogP contribution in [0.3, 0.4) is 0 Å². The maximum atomic E-state index is 13.0. The van der Waals surface area contributed by atoms with Gasteiger partial charge in [-0.1, -0.05) is 30.3 Å². The Hall–Kier alpha value is -2.93. The Kier molecular flexibility index (Phi) is 7.05. The van der Waals surface area contributed by atoms with Gasteiger partial charge in [-0.3, -0.25) is 14.4 Å². The molecule has 1 aromatic carbocycles. The average Bonchev–Trinajstić information content (AvgIpc) is 3.28. The van der Waals surface area contributed by atoms with E-state index in [1.807, 2.05) is 70.2 Å². The average molecular weight is 452 g/mol. The number of hydrogen-bond donors (Lipinski definition) is 0. The van der Waals surface area contributed by atoms with Gasteiger partial charge >= 0.3 is 0 Å². The summed E-state index contributed by atoms with van der Waals surface area (Å²) < 4.78 is 0. The number of carbonyl (C=O) groups is 3. The smallest absolute Gasteiger partial charge is 0.264 e. The molecule has 6 nitrogen and oxygen atoms in total. The molecule has 7 heteroatoms. The van der Waals surface area contributed by atoms with Gasteiger partial charge in [-0.25, -0.2) is 0 Å². The predicted molar refractivity (Wildman–Crippen MR) is 126 cm³/mol. The Balaban J connectivity index is 1.23. The topological polar surface area (TPSA) is 60.9 Å². The molecule has 0 spiro atoms. The molecular weight excluding hydrogens is 422 g/mol. The lowest BCUT2D eigenvalue weighted by Gasteiger charge is -2.38. The molecule has 0 N–H and O–H groups in total. The molecule has 3 heterocycles. The van der Waals surface area contributed by atoms with E-state index in [4.69, 9.17) is 0 Å². The van der Waals surface area contributed by atoms with Crippen molar-refractivity contribution in [3.63, 3.8) is 0 Å². The maximum Gasteiger partial charge on any atom is 0.264 e. The normalized spacial score (nSPS) is 17.7. The summed E-state index contributed by atoms with van der Waals surface area (Å²) in [6, 6.07) is 13.6. The summed E-state index contributed by atoms with van der Waals surface area (Å²) in [5.74, 6) is 0.177. The monoisotopic (exact) mass is 451 g/mol. The summed E-state index contributed by atoms with van der Waals surface area (Å²) in [6.07, 6.45) is 4.83. The van der Waals surface area contributed by atoms with Crippen molar-refractivity contribution in [1.29, 1.82) is 0 Å². The molecule has 3 amide bonds. The number of likely N-dealkylation sites (tertiary alicyclic amines) is 1. The second-order valence-corrected chi connectivity index (χ2v) is 9.66. The van der Waals surface area contributed by atoms with Crippen LogP contribution < -0.4 is 0 Å². The van der Waals surface area contributed by atoms with Gasteiger partial charge in [0.25, 0.3) is 5.91 Å². The van der Waals surface area contributed by atoms with E-state index < -0.39 is 0 Å². The molecule has 32 heavy (non-hydrogen) atoms. The van der Waals surface area contributed by atoms with Crippen LogP contribution in [0.25, 0.3) is 6.08 Å². The number of aryl methyl sites for hydroxylation is 1. The highest BCUT2D eigenvalue weighted by Gasteiger charge is 2.32. The fourth-order valence-electron chi connectivity index (χ4n) is 4.28. The third kappa shape index (κ3) is 5.27. The van der Waals surface area contributed by atoms with Gasteiger partial charge in [0.2, 0.25) is 11.8 Å². The zero-order valence-corrected chi connectivity index (χ0v) is 19.2. The van der Waals surface area contributed by atoms with E-state index >= 15 is 0 Å². The van der Waals surface area contributed by atoms with Crippen molar-refractivity contribution in [2.45, 2.75) is 19.8 Å². The van der Waals surface area contributed by atoms with Crippen LogP contribution in [0.2, 0.25) is 0 Å². The first kappa shape index (κ1) is 22.3. The number of amides is 3. The van der Waals surface area contributed by atoms with E-state index in [-0.39, 0.29) is 23.6 Å². The van der Waals surface area contributed by atoms with Gasteiger partial charge in [-0.05, 0) is 43.5 Å². The van der Waals surface area contributed by atoms with Gasteiger partial charge in [-0.2, -0.15) is 0 Å². The molecule has 168 valence electrons. The molecule has 0 radical (unpaired) electrons. The van der Waals surface area contributed by atoms with Crippen LogP contribution in [0, 0.1) is 12.8 Å². The van der Waals surface area contributed by atoms with Gasteiger partial charge in [0.1, 0.15) is 0 Å². The molecule has 2 saturated heterocycles. The number of hydrogen-bond acceptors (Lipinski definition) is 4. The van der Waals surface area contributed by atoms with Gasteiger partial charge in [-0.15, -0.1) is 11.3 Å². The summed E-state index contributed by atoms with van der Waals surface area (Å²) in [7, 11) is 0. The summed E-state index contributed by atoms with van der Waals surface area (Å²) in [4.78, 5) is 45.5. The summed E-state index contributed by atoms with van der Waals surface area (Å²) in [5, 5.41) is 0. The molecule has 0 aliphatic carbocycles. The van der Waals surface area contributed by atoms with E-state index in [0.29, 0.717) is 52.1 Å². The van der Waals surface area contributed by atoms with Crippen molar-refractivity contribution in [3.05, 3.63) is 63.9 Å². The zero-order valence-electron chi connectivity index (χ0n) is 18.4. The Morgan fingerprint density at radius 2 is 1.50 bits per heavy atom. The van der Waals surface area contributed by atoms with Crippen LogP contribution in [-0.2, 0) is 9.59 Å². The van der Waals surface area contributed by atoms with Gasteiger partial charge in [0, 0.05) is 56.1 Å². The molecule has 0 saturated carbocycles. The highest BCUT2D eigenvalue weighted by molar-refractivity contribution is 7.13. The van der Waals surface area contributed by atoms with E-state index in [1.54, 1.807) is 6.08 Å². The van der Waals surface area contributed by atoms with Crippen molar-refractivity contribution in [2.24, 2.45) is 5.92 Å². The second kappa shape index (κ2) is 10.1. The summed E-state index contributed by atoms with van der Waals surface area (Å²) >= 11 is 1.52.